The Labute approximate surface area is 117 Å². The molecular formula is C11H15F3N2O3S. The lowest BCUT2D eigenvalue weighted by Crippen LogP contribution is -2.21. The summed E-state index contributed by atoms with van der Waals surface area (Å²) in [6.07, 6.45) is -4.69. The van der Waals surface area contributed by atoms with Gasteiger partial charge in [0.1, 0.15) is 22.1 Å². The summed E-state index contributed by atoms with van der Waals surface area (Å²) in [6.45, 7) is 2.15. The molecule has 1 aromatic heterocycles. The SMILES string of the molecule is COC(=O)c1sc(NCC(F)(F)F)c(OC(C)C)c1N. The van der Waals surface area contributed by atoms with Crippen LogP contribution in [0.1, 0.15) is 23.5 Å². The number of rotatable bonds is 5. The van der Waals surface area contributed by atoms with Crippen molar-refractivity contribution in [3.63, 3.8) is 0 Å². The molecule has 9 heteroatoms. The second-order valence-corrected chi connectivity index (χ2v) is 5.15. The van der Waals surface area contributed by atoms with Crippen LogP contribution in [0.25, 0.3) is 0 Å². The Hall–Kier alpha value is -1.64. The Morgan fingerprint density at radius 1 is 1.45 bits per heavy atom. The van der Waals surface area contributed by atoms with Gasteiger partial charge in [-0.1, -0.05) is 0 Å². The number of halogens is 3. The quantitative estimate of drug-likeness (QED) is 0.818. The summed E-state index contributed by atoms with van der Waals surface area (Å²) in [5, 5.41) is 2.23. The minimum Gasteiger partial charge on any atom is -0.486 e. The molecule has 0 spiro atoms. The van der Waals surface area contributed by atoms with Gasteiger partial charge in [-0.3, -0.25) is 0 Å². The van der Waals surface area contributed by atoms with Crippen molar-refractivity contribution >= 4 is 28.0 Å². The molecule has 0 atom stereocenters. The minimum atomic E-state index is -4.39. The van der Waals surface area contributed by atoms with Crippen LogP contribution >= 0.6 is 11.3 Å². The van der Waals surface area contributed by atoms with Gasteiger partial charge in [0.25, 0.3) is 0 Å². The maximum absolute atomic E-state index is 12.2. The van der Waals surface area contributed by atoms with Crippen molar-refractivity contribution in [3.05, 3.63) is 4.88 Å². The largest absolute Gasteiger partial charge is 0.486 e. The van der Waals surface area contributed by atoms with Crippen LogP contribution in [-0.4, -0.2) is 31.9 Å². The number of anilines is 2. The van der Waals surface area contributed by atoms with Crippen molar-refractivity contribution in [2.75, 3.05) is 24.7 Å². The summed E-state index contributed by atoms with van der Waals surface area (Å²) in [5.41, 5.74) is 5.70. The number of nitrogen functional groups attached to an aromatic ring is 1. The zero-order valence-electron chi connectivity index (χ0n) is 11.1. The van der Waals surface area contributed by atoms with Gasteiger partial charge in [-0.15, -0.1) is 11.3 Å². The molecule has 0 fully saturated rings. The second kappa shape index (κ2) is 6.21. The van der Waals surface area contributed by atoms with Crippen molar-refractivity contribution < 1.29 is 27.4 Å². The second-order valence-electron chi connectivity index (χ2n) is 4.13. The van der Waals surface area contributed by atoms with Crippen LogP contribution in [0.3, 0.4) is 0 Å². The van der Waals surface area contributed by atoms with Crippen LogP contribution in [0.15, 0.2) is 0 Å². The molecule has 0 aliphatic carbocycles. The van der Waals surface area contributed by atoms with E-state index in [0.29, 0.717) is 0 Å². The maximum atomic E-state index is 12.2. The zero-order valence-corrected chi connectivity index (χ0v) is 11.9. The Balaban J connectivity index is 3.09. The molecular weight excluding hydrogens is 297 g/mol. The van der Waals surface area contributed by atoms with Crippen molar-refractivity contribution in [3.8, 4) is 5.75 Å². The Morgan fingerprint density at radius 3 is 2.50 bits per heavy atom. The first-order chi connectivity index (χ1) is 9.15. The minimum absolute atomic E-state index is 0.00724. The summed E-state index contributed by atoms with van der Waals surface area (Å²) >= 11 is 0.766. The number of ether oxygens (including phenoxy) is 2. The van der Waals surface area contributed by atoms with Gasteiger partial charge in [-0.25, -0.2) is 4.79 Å². The number of esters is 1. The van der Waals surface area contributed by atoms with Gasteiger partial charge in [0.15, 0.2) is 5.75 Å². The van der Waals surface area contributed by atoms with E-state index in [2.05, 4.69) is 10.1 Å². The molecule has 0 amide bonds. The van der Waals surface area contributed by atoms with Crippen LogP contribution in [0.4, 0.5) is 23.9 Å². The topological polar surface area (TPSA) is 73.6 Å². The highest BCUT2D eigenvalue weighted by molar-refractivity contribution is 7.19. The number of thiophene rings is 1. The zero-order chi connectivity index (χ0) is 15.5. The molecule has 3 N–H and O–H groups in total. The average Bonchev–Trinajstić information content (AvgIpc) is 2.62. The van der Waals surface area contributed by atoms with E-state index in [1.54, 1.807) is 13.8 Å². The summed E-state index contributed by atoms with van der Waals surface area (Å²) < 4.78 is 46.6. The van der Waals surface area contributed by atoms with Crippen LogP contribution in [0.2, 0.25) is 0 Å². The van der Waals surface area contributed by atoms with Crippen molar-refractivity contribution in [2.45, 2.75) is 26.1 Å². The number of hydrogen-bond donors (Lipinski definition) is 2. The molecule has 5 nitrogen and oxygen atoms in total. The van der Waals surface area contributed by atoms with Gasteiger partial charge in [-0.05, 0) is 13.8 Å². The standard InChI is InChI=1S/C11H15F3N2O3S/c1-5(2)19-7-6(15)8(10(17)18-3)20-9(7)16-4-11(12,13)14/h5,16H,4,15H2,1-3H3. The van der Waals surface area contributed by atoms with Gasteiger partial charge in [-0.2, -0.15) is 13.2 Å². The lowest BCUT2D eigenvalue weighted by Gasteiger charge is -2.13. The van der Waals surface area contributed by atoms with Crippen LogP contribution in [0, 0.1) is 0 Å². The third-order valence-electron chi connectivity index (χ3n) is 2.07. The fraction of sp³-hybridized carbons (Fsp3) is 0.545. The summed E-state index contributed by atoms with van der Waals surface area (Å²) in [4.78, 5) is 11.5. The fourth-order valence-corrected chi connectivity index (χ4v) is 2.29. The van der Waals surface area contributed by atoms with Gasteiger partial charge >= 0.3 is 12.1 Å². The van der Waals surface area contributed by atoms with Crippen molar-refractivity contribution in [2.24, 2.45) is 0 Å². The lowest BCUT2D eigenvalue weighted by molar-refractivity contribution is -0.115. The highest BCUT2D eigenvalue weighted by Gasteiger charge is 2.30. The third-order valence-corrected chi connectivity index (χ3v) is 3.20. The third kappa shape index (κ3) is 4.19. The number of nitrogens with two attached hydrogens (primary N) is 1. The molecule has 0 aliphatic rings. The molecule has 0 aromatic carbocycles. The number of alkyl halides is 3. The molecule has 0 saturated heterocycles. The van der Waals surface area contributed by atoms with Crippen LogP contribution in [-0.2, 0) is 4.74 Å². The van der Waals surface area contributed by atoms with Gasteiger partial charge in [0.05, 0.1) is 13.2 Å². The first-order valence-electron chi connectivity index (χ1n) is 5.63. The highest BCUT2D eigenvalue weighted by atomic mass is 32.1. The number of carbonyl (C=O) groups is 1. The molecule has 1 aromatic rings. The number of hydrogen-bond acceptors (Lipinski definition) is 6. The normalized spacial score (nSPS) is 11.6. The fourth-order valence-electron chi connectivity index (χ4n) is 1.32. The first kappa shape index (κ1) is 16.4. The Kier molecular flexibility index (Phi) is 5.09. The lowest BCUT2D eigenvalue weighted by atomic mass is 10.3. The number of carbonyl (C=O) groups excluding carboxylic acids is 1. The van der Waals surface area contributed by atoms with E-state index in [4.69, 9.17) is 10.5 Å². The van der Waals surface area contributed by atoms with E-state index in [9.17, 15) is 18.0 Å². The molecule has 0 unspecified atom stereocenters. The number of nitrogens with one attached hydrogen (secondary N) is 1. The van der Waals surface area contributed by atoms with Crippen molar-refractivity contribution in [1.82, 2.24) is 0 Å². The molecule has 0 aliphatic heterocycles. The predicted molar refractivity (Wildman–Crippen MR) is 70.4 cm³/mol. The summed E-state index contributed by atoms with van der Waals surface area (Å²) in [7, 11) is 1.16. The average molecular weight is 312 g/mol. The van der Waals surface area contributed by atoms with Gasteiger partial charge in [0.2, 0.25) is 0 Å². The Bertz CT molecular complexity index is 486. The van der Waals surface area contributed by atoms with Crippen molar-refractivity contribution in [1.29, 1.82) is 0 Å². The molecule has 0 radical (unpaired) electrons. The smallest absolute Gasteiger partial charge is 0.405 e. The van der Waals surface area contributed by atoms with E-state index < -0.39 is 18.7 Å². The maximum Gasteiger partial charge on any atom is 0.405 e. The molecule has 0 bridgehead atoms. The molecule has 0 saturated carbocycles. The van der Waals surface area contributed by atoms with E-state index in [-0.39, 0.29) is 27.4 Å². The van der Waals surface area contributed by atoms with E-state index in [1.807, 2.05) is 0 Å². The molecule has 1 heterocycles. The monoisotopic (exact) mass is 312 g/mol. The molecule has 114 valence electrons. The van der Waals surface area contributed by atoms with Gasteiger partial charge < -0.3 is 20.5 Å². The highest BCUT2D eigenvalue weighted by Crippen LogP contribution is 2.43. The first-order valence-corrected chi connectivity index (χ1v) is 6.45. The van der Waals surface area contributed by atoms with E-state index in [0.717, 1.165) is 18.4 Å². The summed E-state index contributed by atoms with van der Waals surface area (Å²) in [6, 6.07) is 0. The van der Waals surface area contributed by atoms with Gasteiger partial charge in [0, 0.05) is 0 Å². The molecule has 20 heavy (non-hydrogen) atoms. The number of methoxy groups -OCH3 is 1. The molecule has 1 rings (SSSR count). The summed E-state index contributed by atoms with van der Waals surface area (Å²) in [5.74, 6) is -0.684. The predicted octanol–water partition coefficient (Wildman–Crippen LogP) is 2.88. The van der Waals surface area contributed by atoms with E-state index >= 15 is 0 Å². The van der Waals surface area contributed by atoms with E-state index in [1.165, 1.54) is 0 Å². The van der Waals surface area contributed by atoms with Crippen LogP contribution in [0.5, 0.6) is 5.75 Å². The Morgan fingerprint density at radius 2 is 2.05 bits per heavy atom. The van der Waals surface area contributed by atoms with Crippen LogP contribution < -0.4 is 15.8 Å².